The molecular formula is C20H19N3O3S. The van der Waals surface area contributed by atoms with Gasteiger partial charge in [0, 0.05) is 29.3 Å². The van der Waals surface area contributed by atoms with E-state index in [9.17, 15) is 9.59 Å². The first-order chi connectivity index (χ1) is 13.1. The summed E-state index contributed by atoms with van der Waals surface area (Å²) in [6.07, 6.45) is 0. The third-order valence-electron chi connectivity index (χ3n) is 3.79. The molecule has 0 saturated carbocycles. The van der Waals surface area contributed by atoms with Crippen molar-refractivity contribution in [2.75, 3.05) is 12.4 Å². The first kappa shape index (κ1) is 18.7. The normalized spacial score (nSPS) is 10.4. The molecule has 1 heterocycles. The third kappa shape index (κ3) is 4.77. The van der Waals surface area contributed by atoms with Gasteiger partial charge in [-0.25, -0.2) is 0 Å². The zero-order valence-corrected chi connectivity index (χ0v) is 15.8. The van der Waals surface area contributed by atoms with Gasteiger partial charge in [0.1, 0.15) is 5.76 Å². The number of amides is 2. The Morgan fingerprint density at radius 3 is 2.63 bits per heavy atom. The lowest BCUT2D eigenvalue weighted by Gasteiger charge is -2.10. The third-order valence-corrected chi connectivity index (χ3v) is 4.88. The highest BCUT2D eigenvalue weighted by molar-refractivity contribution is 7.98. The number of hydrogen-bond acceptors (Lipinski definition) is 5. The molecule has 7 heteroatoms. The summed E-state index contributed by atoms with van der Waals surface area (Å²) in [5, 5.41) is 9.29. The second-order valence-electron chi connectivity index (χ2n) is 5.83. The van der Waals surface area contributed by atoms with Crippen LogP contribution in [0.15, 0.2) is 64.0 Å². The van der Waals surface area contributed by atoms with Crippen LogP contribution in [0.3, 0.4) is 0 Å². The van der Waals surface area contributed by atoms with Crippen LogP contribution in [-0.4, -0.2) is 24.0 Å². The first-order valence-corrected chi connectivity index (χ1v) is 9.33. The average molecular weight is 381 g/mol. The van der Waals surface area contributed by atoms with Crippen LogP contribution in [0.25, 0.3) is 0 Å². The number of aromatic nitrogens is 1. The summed E-state index contributed by atoms with van der Waals surface area (Å²) in [5.41, 5.74) is 2.43. The number of nitrogens with zero attached hydrogens (tertiary/aromatic N) is 1. The van der Waals surface area contributed by atoms with E-state index in [2.05, 4.69) is 15.8 Å². The van der Waals surface area contributed by atoms with Gasteiger partial charge in [0.2, 0.25) is 0 Å². The van der Waals surface area contributed by atoms with Crippen molar-refractivity contribution < 1.29 is 14.1 Å². The smallest absolute Gasteiger partial charge is 0.256 e. The fraction of sp³-hybridized carbons (Fsp3) is 0.150. The molecule has 0 fully saturated rings. The highest BCUT2D eigenvalue weighted by atomic mass is 32.2. The number of hydrogen-bond donors (Lipinski definition) is 2. The molecule has 0 spiro atoms. The number of anilines is 1. The zero-order chi connectivity index (χ0) is 19.2. The minimum Gasteiger partial charge on any atom is -0.360 e. The molecule has 2 aromatic carbocycles. The SMILES string of the molecule is CNC(=O)c1cccc(NC(=O)c2ccccc2SCc2cc(C)no2)c1. The van der Waals surface area contributed by atoms with Gasteiger partial charge < -0.3 is 15.2 Å². The minimum absolute atomic E-state index is 0.204. The molecule has 0 aliphatic carbocycles. The molecule has 0 atom stereocenters. The fourth-order valence-electron chi connectivity index (χ4n) is 2.49. The number of carbonyl (C=O) groups excluding carboxylic acids is 2. The Kier molecular flexibility index (Phi) is 5.93. The molecule has 0 aliphatic heterocycles. The van der Waals surface area contributed by atoms with Crippen LogP contribution in [0, 0.1) is 6.92 Å². The van der Waals surface area contributed by atoms with Gasteiger partial charge in [0.15, 0.2) is 0 Å². The standard InChI is InChI=1S/C20H19N3O3S/c1-13-10-16(26-23-13)12-27-18-9-4-3-8-17(18)20(25)22-15-7-5-6-14(11-15)19(24)21-2/h3-11H,12H2,1-2H3,(H,21,24)(H,22,25). The number of benzene rings is 2. The van der Waals surface area contributed by atoms with E-state index in [0.29, 0.717) is 22.6 Å². The molecule has 27 heavy (non-hydrogen) atoms. The number of nitrogens with one attached hydrogen (secondary N) is 2. The second-order valence-corrected chi connectivity index (χ2v) is 6.85. The lowest BCUT2D eigenvalue weighted by molar-refractivity contribution is 0.0961. The number of thioether (sulfide) groups is 1. The molecule has 0 bridgehead atoms. The van der Waals surface area contributed by atoms with Crippen LogP contribution in [-0.2, 0) is 5.75 Å². The molecule has 2 amide bonds. The summed E-state index contributed by atoms with van der Waals surface area (Å²) in [4.78, 5) is 25.3. The lowest BCUT2D eigenvalue weighted by atomic mass is 10.1. The lowest BCUT2D eigenvalue weighted by Crippen LogP contribution is -2.18. The molecular weight excluding hydrogens is 362 g/mol. The van der Waals surface area contributed by atoms with Crippen molar-refractivity contribution in [3.63, 3.8) is 0 Å². The Morgan fingerprint density at radius 2 is 1.89 bits per heavy atom. The molecule has 0 aliphatic rings. The monoisotopic (exact) mass is 381 g/mol. The van der Waals surface area contributed by atoms with Crippen molar-refractivity contribution in [2.24, 2.45) is 0 Å². The maximum absolute atomic E-state index is 12.7. The van der Waals surface area contributed by atoms with Gasteiger partial charge in [-0.05, 0) is 37.3 Å². The summed E-state index contributed by atoms with van der Waals surface area (Å²) in [6, 6.07) is 16.1. The van der Waals surface area contributed by atoms with Gasteiger partial charge in [0.25, 0.3) is 11.8 Å². The average Bonchev–Trinajstić information content (AvgIpc) is 3.11. The van der Waals surface area contributed by atoms with E-state index < -0.39 is 0 Å². The summed E-state index contributed by atoms with van der Waals surface area (Å²) < 4.78 is 5.22. The Hall–Kier alpha value is -3.06. The van der Waals surface area contributed by atoms with Crippen LogP contribution in [0.2, 0.25) is 0 Å². The predicted molar refractivity (Wildman–Crippen MR) is 105 cm³/mol. The molecule has 138 valence electrons. The van der Waals surface area contributed by atoms with Crippen LogP contribution >= 0.6 is 11.8 Å². The molecule has 6 nitrogen and oxygen atoms in total. The Labute approximate surface area is 161 Å². The largest absolute Gasteiger partial charge is 0.360 e. The molecule has 1 aromatic heterocycles. The molecule has 3 rings (SSSR count). The number of rotatable bonds is 6. The van der Waals surface area contributed by atoms with Crippen LogP contribution in [0.1, 0.15) is 32.2 Å². The van der Waals surface area contributed by atoms with E-state index in [4.69, 9.17) is 4.52 Å². The van der Waals surface area contributed by atoms with Gasteiger partial charge in [-0.2, -0.15) is 0 Å². The fourth-order valence-corrected chi connectivity index (χ4v) is 3.42. The topological polar surface area (TPSA) is 84.2 Å². The van der Waals surface area contributed by atoms with Crippen LogP contribution in [0.5, 0.6) is 0 Å². The highest BCUT2D eigenvalue weighted by Crippen LogP contribution is 2.27. The second kappa shape index (κ2) is 8.55. The van der Waals surface area contributed by atoms with Gasteiger partial charge >= 0.3 is 0 Å². The first-order valence-electron chi connectivity index (χ1n) is 8.34. The Balaban J connectivity index is 1.74. The van der Waals surface area contributed by atoms with Gasteiger partial charge in [-0.3, -0.25) is 9.59 Å². The van der Waals surface area contributed by atoms with Crippen LogP contribution in [0.4, 0.5) is 5.69 Å². The van der Waals surface area contributed by atoms with Crippen molar-refractivity contribution in [1.29, 1.82) is 0 Å². The van der Waals surface area contributed by atoms with Crippen molar-refractivity contribution >= 4 is 29.3 Å². The van der Waals surface area contributed by atoms with Crippen molar-refractivity contribution in [3.8, 4) is 0 Å². The molecule has 0 saturated heterocycles. The van der Waals surface area contributed by atoms with E-state index in [1.54, 1.807) is 37.4 Å². The van der Waals surface area contributed by atoms with Gasteiger partial charge in [-0.15, -0.1) is 11.8 Å². The highest BCUT2D eigenvalue weighted by Gasteiger charge is 2.13. The van der Waals surface area contributed by atoms with Crippen molar-refractivity contribution in [3.05, 3.63) is 77.2 Å². The van der Waals surface area contributed by atoms with Crippen LogP contribution < -0.4 is 10.6 Å². The summed E-state index contributed by atoms with van der Waals surface area (Å²) in [6.45, 7) is 1.87. The molecule has 2 N–H and O–H groups in total. The van der Waals surface area contributed by atoms with E-state index >= 15 is 0 Å². The Bertz CT molecular complexity index is 968. The molecule has 3 aromatic rings. The van der Waals surface area contributed by atoms with Gasteiger partial charge in [-0.1, -0.05) is 23.4 Å². The van der Waals surface area contributed by atoms with Crippen molar-refractivity contribution in [2.45, 2.75) is 17.6 Å². The van der Waals surface area contributed by atoms with E-state index in [1.165, 1.54) is 11.8 Å². The summed E-state index contributed by atoms with van der Waals surface area (Å²) >= 11 is 1.51. The number of aryl methyl sites for hydroxylation is 1. The quantitative estimate of drug-likeness (QED) is 0.633. The maximum atomic E-state index is 12.7. The minimum atomic E-state index is -0.235. The van der Waals surface area contributed by atoms with Crippen molar-refractivity contribution in [1.82, 2.24) is 10.5 Å². The number of carbonyl (C=O) groups is 2. The van der Waals surface area contributed by atoms with E-state index in [0.717, 1.165) is 16.3 Å². The predicted octanol–water partition coefficient (Wildman–Crippen LogP) is 3.89. The summed E-state index contributed by atoms with van der Waals surface area (Å²) in [5.74, 6) is 0.897. The zero-order valence-electron chi connectivity index (χ0n) is 15.0. The Morgan fingerprint density at radius 1 is 1.07 bits per heavy atom. The maximum Gasteiger partial charge on any atom is 0.256 e. The van der Waals surface area contributed by atoms with E-state index in [-0.39, 0.29) is 11.8 Å². The summed E-state index contributed by atoms with van der Waals surface area (Å²) in [7, 11) is 1.57. The molecule has 0 unspecified atom stereocenters. The molecule has 0 radical (unpaired) electrons. The van der Waals surface area contributed by atoms with E-state index in [1.807, 2.05) is 31.2 Å². The van der Waals surface area contributed by atoms with Gasteiger partial charge in [0.05, 0.1) is 17.0 Å².